The second kappa shape index (κ2) is 5.27. The summed E-state index contributed by atoms with van der Waals surface area (Å²) in [5.41, 5.74) is 7.35. The van der Waals surface area contributed by atoms with Gasteiger partial charge in [0.05, 0.1) is 21.2 Å². The minimum atomic E-state index is -0.464. The first-order valence-electron chi connectivity index (χ1n) is 5.82. The third kappa shape index (κ3) is 2.39. The zero-order valence-electron chi connectivity index (χ0n) is 10.3. The maximum atomic E-state index is 11.1. The summed E-state index contributed by atoms with van der Waals surface area (Å²) in [4.78, 5) is 10.6. The Morgan fingerprint density at radius 3 is 2.89 bits per heavy atom. The van der Waals surface area contributed by atoms with Crippen LogP contribution in [0.1, 0.15) is 18.9 Å². The second-order valence-electron chi connectivity index (χ2n) is 4.10. The highest BCUT2D eigenvalue weighted by Crippen LogP contribution is 2.38. The Balaban J connectivity index is 2.68. The largest absolute Gasteiger partial charge is 0.382 e. The number of aromatic amines is 1. The fourth-order valence-corrected chi connectivity index (χ4v) is 2.27. The zero-order valence-corrected chi connectivity index (χ0v) is 11.1. The number of nitrogen functional groups attached to an aromatic ring is 1. The van der Waals surface area contributed by atoms with Crippen LogP contribution >= 0.6 is 11.6 Å². The van der Waals surface area contributed by atoms with Gasteiger partial charge in [0.2, 0.25) is 0 Å². The third-order valence-corrected chi connectivity index (χ3v) is 3.15. The summed E-state index contributed by atoms with van der Waals surface area (Å²) in [6.45, 7) is 2.00. The molecule has 0 atom stereocenters. The summed E-state index contributed by atoms with van der Waals surface area (Å²) in [6.07, 6.45) is 1.54. The number of nitrogens with zero attached hydrogens (tertiary/aromatic N) is 2. The van der Waals surface area contributed by atoms with Gasteiger partial charge in [-0.2, -0.15) is 5.10 Å². The zero-order chi connectivity index (χ0) is 14.0. The fraction of sp³-hybridized carbons (Fsp3) is 0.250. The van der Waals surface area contributed by atoms with E-state index in [9.17, 15) is 10.1 Å². The SMILES string of the molecule is CCCc1c(N)n[nH]c1-c1c(Cl)cccc1[N+](=O)[O-]. The van der Waals surface area contributed by atoms with Crippen LogP contribution in [0.2, 0.25) is 5.02 Å². The monoisotopic (exact) mass is 280 g/mol. The minimum Gasteiger partial charge on any atom is -0.382 e. The van der Waals surface area contributed by atoms with E-state index >= 15 is 0 Å². The first-order chi connectivity index (χ1) is 9.06. The average molecular weight is 281 g/mol. The molecule has 2 rings (SSSR count). The molecule has 0 aliphatic heterocycles. The molecule has 1 aromatic carbocycles. The van der Waals surface area contributed by atoms with E-state index in [4.69, 9.17) is 17.3 Å². The Morgan fingerprint density at radius 1 is 1.53 bits per heavy atom. The predicted molar refractivity (Wildman–Crippen MR) is 74.1 cm³/mol. The summed E-state index contributed by atoms with van der Waals surface area (Å²) in [5, 5.41) is 18.1. The normalized spacial score (nSPS) is 10.6. The standard InChI is InChI=1S/C12H13ClN4O2/c1-2-4-7-11(15-16-12(7)14)10-8(13)5-3-6-9(10)17(18)19/h3,5-6H,2,4H2,1H3,(H3,14,15,16). The van der Waals surface area contributed by atoms with Gasteiger partial charge in [-0.05, 0) is 12.5 Å². The van der Waals surface area contributed by atoms with Crippen molar-refractivity contribution >= 4 is 23.1 Å². The molecular formula is C12H13ClN4O2. The highest BCUT2D eigenvalue weighted by molar-refractivity contribution is 6.33. The molecule has 100 valence electrons. The van der Waals surface area contributed by atoms with Crippen LogP contribution in [0.5, 0.6) is 0 Å². The van der Waals surface area contributed by atoms with Crippen molar-refractivity contribution in [2.45, 2.75) is 19.8 Å². The van der Waals surface area contributed by atoms with E-state index < -0.39 is 4.92 Å². The van der Waals surface area contributed by atoms with E-state index in [1.807, 2.05) is 6.92 Å². The van der Waals surface area contributed by atoms with Crippen molar-refractivity contribution in [1.82, 2.24) is 10.2 Å². The van der Waals surface area contributed by atoms with E-state index in [1.54, 1.807) is 12.1 Å². The van der Waals surface area contributed by atoms with Crippen molar-refractivity contribution in [3.8, 4) is 11.3 Å². The van der Waals surface area contributed by atoms with Gasteiger partial charge in [0.25, 0.3) is 5.69 Å². The van der Waals surface area contributed by atoms with Gasteiger partial charge in [-0.1, -0.05) is 31.0 Å². The number of anilines is 1. The lowest BCUT2D eigenvalue weighted by Gasteiger charge is -2.06. The molecule has 0 radical (unpaired) electrons. The van der Waals surface area contributed by atoms with Gasteiger partial charge in [-0.25, -0.2) is 0 Å². The summed E-state index contributed by atoms with van der Waals surface area (Å²) in [6, 6.07) is 4.56. The Hall–Kier alpha value is -2.08. The quantitative estimate of drug-likeness (QED) is 0.664. The molecule has 0 aliphatic rings. The molecule has 0 amide bonds. The molecule has 0 fully saturated rings. The molecule has 0 spiro atoms. The molecule has 3 N–H and O–H groups in total. The van der Waals surface area contributed by atoms with Gasteiger partial charge in [0, 0.05) is 11.6 Å². The van der Waals surface area contributed by atoms with Crippen LogP contribution in [0.4, 0.5) is 11.5 Å². The molecule has 6 nitrogen and oxygen atoms in total. The number of nitro benzene ring substituents is 1. The number of nitro groups is 1. The first kappa shape index (κ1) is 13.4. The van der Waals surface area contributed by atoms with Gasteiger partial charge >= 0.3 is 0 Å². The Labute approximate surface area is 114 Å². The van der Waals surface area contributed by atoms with E-state index in [1.165, 1.54) is 6.07 Å². The number of benzene rings is 1. The molecule has 0 saturated carbocycles. The molecule has 1 heterocycles. The van der Waals surface area contributed by atoms with E-state index in [0.717, 1.165) is 12.0 Å². The number of nitrogens with one attached hydrogen (secondary N) is 1. The van der Waals surface area contributed by atoms with Gasteiger partial charge < -0.3 is 5.73 Å². The molecule has 1 aromatic heterocycles. The van der Waals surface area contributed by atoms with E-state index in [0.29, 0.717) is 28.5 Å². The van der Waals surface area contributed by atoms with Gasteiger partial charge in [0.1, 0.15) is 5.82 Å². The Kier molecular flexibility index (Phi) is 3.71. The van der Waals surface area contributed by atoms with Crippen molar-refractivity contribution < 1.29 is 4.92 Å². The van der Waals surface area contributed by atoms with Gasteiger partial charge in [-0.15, -0.1) is 0 Å². The van der Waals surface area contributed by atoms with Crippen LogP contribution in [0, 0.1) is 10.1 Å². The Bertz CT molecular complexity index is 624. The number of rotatable bonds is 4. The number of H-pyrrole nitrogens is 1. The molecule has 2 aromatic rings. The molecule has 19 heavy (non-hydrogen) atoms. The minimum absolute atomic E-state index is 0.0616. The molecule has 0 unspecified atom stereocenters. The number of nitrogens with two attached hydrogens (primary N) is 1. The van der Waals surface area contributed by atoms with Crippen molar-refractivity contribution in [3.63, 3.8) is 0 Å². The van der Waals surface area contributed by atoms with Crippen LogP contribution < -0.4 is 5.73 Å². The van der Waals surface area contributed by atoms with Crippen LogP contribution in [0.3, 0.4) is 0 Å². The predicted octanol–water partition coefficient (Wildman–Crippen LogP) is 3.17. The lowest BCUT2D eigenvalue weighted by molar-refractivity contribution is -0.384. The number of hydrogen-bond acceptors (Lipinski definition) is 4. The Morgan fingerprint density at radius 2 is 2.26 bits per heavy atom. The lowest BCUT2D eigenvalue weighted by atomic mass is 10.0. The summed E-state index contributed by atoms with van der Waals surface area (Å²) in [5.74, 6) is 0.353. The van der Waals surface area contributed by atoms with Crippen LogP contribution in [0.15, 0.2) is 18.2 Å². The van der Waals surface area contributed by atoms with Crippen molar-refractivity contribution in [1.29, 1.82) is 0 Å². The van der Waals surface area contributed by atoms with Crippen LogP contribution in [-0.2, 0) is 6.42 Å². The smallest absolute Gasteiger partial charge is 0.280 e. The highest BCUT2D eigenvalue weighted by atomic mass is 35.5. The summed E-state index contributed by atoms with van der Waals surface area (Å²) >= 11 is 6.10. The molecule has 0 saturated heterocycles. The van der Waals surface area contributed by atoms with Gasteiger partial charge in [0.15, 0.2) is 0 Å². The second-order valence-corrected chi connectivity index (χ2v) is 4.51. The summed E-state index contributed by atoms with van der Waals surface area (Å²) in [7, 11) is 0. The molecular weight excluding hydrogens is 268 g/mol. The summed E-state index contributed by atoms with van der Waals surface area (Å²) < 4.78 is 0. The van der Waals surface area contributed by atoms with Crippen molar-refractivity contribution in [3.05, 3.63) is 38.9 Å². The maximum Gasteiger partial charge on any atom is 0.280 e. The molecule has 0 aliphatic carbocycles. The number of halogens is 1. The van der Waals surface area contributed by atoms with Gasteiger partial charge in [-0.3, -0.25) is 15.2 Å². The lowest BCUT2D eigenvalue weighted by Crippen LogP contribution is -1.96. The van der Waals surface area contributed by atoms with Crippen LogP contribution in [-0.4, -0.2) is 15.1 Å². The molecule has 7 heteroatoms. The van der Waals surface area contributed by atoms with E-state index in [-0.39, 0.29) is 5.69 Å². The topological polar surface area (TPSA) is 97.8 Å². The third-order valence-electron chi connectivity index (χ3n) is 2.84. The number of aromatic nitrogens is 2. The average Bonchev–Trinajstić information content (AvgIpc) is 2.71. The fourth-order valence-electron chi connectivity index (χ4n) is 2.00. The highest BCUT2D eigenvalue weighted by Gasteiger charge is 2.23. The first-order valence-corrected chi connectivity index (χ1v) is 6.20. The van der Waals surface area contributed by atoms with E-state index in [2.05, 4.69) is 10.2 Å². The number of hydrogen-bond donors (Lipinski definition) is 2. The maximum absolute atomic E-state index is 11.1. The van der Waals surface area contributed by atoms with Crippen LogP contribution in [0.25, 0.3) is 11.3 Å². The van der Waals surface area contributed by atoms with Crippen molar-refractivity contribution in [2.24, 2.45) is 0 Å². The molecule has 0 bridgehead atoms. The van der Waals surface area contributed by atoms with Crippen molar-refractivity contribution in [2.75, 3.05) is 5.73 Å².